The molecule has 1 saturated heterocycles. The number of carbonyl (C=O) groups is 1. The SMILES string of the molecule is CCc1nn(C)cc1CNC(=O)N1CCCC(C2CC2)C1. The minimum absolute atomic E-state index is 0.0891. The number of urea groups is 1. The van der Waals surface area contributed by atoms with E-state index in [0.717, 1.165) is 49.0 Å². The molecule has 2 amide bonds. The molecular weight excluding hydrogens is 264 g/mol. The Kier molecular flexibility index (Phi) is 4.17. The number of nitrogens with zero attached hydrogens (tertiary/aromatic N) is 3. The topological polar surface area (TPSA) is 50.2 Å². The molecular formula is C16H26N4O. The van der Waals surface area contributed by atoms with Gasteiger partial charge in [0.05, 0.1) is 5.69 Å². The van der Waals surface area contributed by atoms with E-state index in [1.165, 1.54) is 19.3 Å². The maximum absolute atomic E-state index is 12.4. The van der Waals surface area contributed by atoms with E-state index < -0.39 is 0 Å². The van der Waals surface area contributed by atoms with E-state index in [-0.39, 0.29) is 6.03 Å². The fourth-order valence-electron chi connectivity index (χ4n) is 3.46. The van der Waals surface area contributed by atoms with Crippen molar-refractivity contribution in [2.45, 2.75) is 45.6 Å². The van der Waals surface area contributed by atoms with Crippen molar-refractivity contribution in [3.63, 3.8) is 0 Å². The van der Waals surface area contributed by atoms with Gasteiger partial charge in [0, 0.05) is 38.4 Å². The molecule has 1 saturated carbocycles. The highest BCUT2D eigenvalue weighted by atomic mass is 16.2. The molecule has 3 rings (SSSR count). The van der Waals surface area contributed by atoms with Crippen molar-refractivity contribution in [1.29, 1.82) is 0 Å². The smallest absolute Gasteiger partial charge is 0.317 e. The van der Waals surface area contributed by atoms with E-state index in [4.69, 9.17) is 0 Å². The molecule has 116 valence electrons. The first-order valence-electron chi connectivity index (χ1n) is 8.21. The summed E-state index contributed by atoms with van der Waals surface area (Å²) in [5, 5.41) is 7.49. The van der Waals surface area contributed by atoms with E-state index in [1.54, 1.807) is 0 Å². The van der Waals surface area contributed by atoms with Crippen LogP contribution >= 0.6 is 0 Å². The summed E-state index contributed by atoms with van der Waals surface area (Å²) in [6, 6.07) is 0.0891. The molecule has 1 aromatic rings. The highest BCUT2D eigenvalue weighted by molar-refractivity contribution is 5.74. The Morgan fingerprint density at radius 3 is 2.90 bits per heavy atom. The van der Waals surface area contributed by atoms with E-state index in [2.05, 4.69) is 17.3 Å². The zero-order chi connectivity index (χ0) is 14.8. The van der Waals surface area contributed by atoms with Crippen LogP contribution in [0.2, 0.25) is 0 Å². The van der Waals surface area contributed by atoms with Gasteiger partial charge >= 0.3 is 6.03 Å². The Hall–Kier alpha value is -1.52. The van der Waals surface area contributed by atoms with Crippen LogP contribution in [-0.2, 0) is 20.0 Å². The zero-order valence-corrected chi connectivity index (χ0v) is 13.1. The average molecular weight is 290 g/mol. The Balaban J connectivity index is 1.53. The van der Waals surface area contributed by atoms with Gasteiger partial charge in [-0.25, -0.2) is 4.79 Å². The fraction of sp³-hybridized carbons (Fsp3) is 0.750. The van der Waals surface area contributed by atoms with Crippen LogP contribution in [0.5, 0.6) is 0 Å². The van der Waals surface area contributed by atoms with Crippen molar-refractivity contribution in [3.05, 3.63) is 17.5 Å². The predicted molar refractivity (Wildman–Crippen MR) is 81.8 cm³/mol. The van der Waals surface area contributed by atoms with Gasteiger partial charge in [0.2, 0.25) is 0 Å². The minimum Gasteiger partial charge on any atom is -0.334 e. The summed E-state index contributed by atoms with van der Waals surface area (Å²) in [5.41, 5.74) is 2.21. The maximum atomic E-state index is 12.4. The van der Waals surface area contributed by atoms with Crippen molar-refractivity contribution in [2.75, 3.05) is 13.1 Å². The summed E-state index contributed by atoms with van der Waals surface area (Å²) in [7, 11) is 1.93. The molecule has 21 heavy (non-hydrogen) atoms. The monoisotopic (exact) mass is 290 g/mol. The lowest BCUT2D eigenvalue weighted by atomic mass is 9.93. The first kappa shape index (κ1) is 14.4. The van der Waals surface area contributed by atoms with Crippen LogP contribution in [-0.4, -0.2) is 33.8 Å². The number of hydrogen-bond acceptors (Lipinski definition) is 2. The van der Waals surface area contributed by atoms with Gasteiger partial charge in [-0.1, -0.05) is 6.92 Å². The molecule has 2 fully saturated rings. The number of rotatable bonds is 4. The molecule has 1 aromatic heterocycles. The van der Waals surface area contributed by atoms with E-state index in [0.29, 0.717) is 6.54 Å². The normalized spacial score (nSPS) is 22.4. The largest absolute Gasteiger partial charge is 0.334 e. The third kappa shape index (κ3) is 3.39. The number of nitrogens with one attached hydrogen (secondary N) is 1. The highest BCUT2D eigenvalue weighted by Crippen LogP contribution is 2.40. The van der Waals surface area contributed by atoms with Crippen LogP contribution in [0.15, 0.2) is 6.20 Å². The summed E-state index contributed by atoms with van der Waals surface area (Å²) in [6.07, 6.45) is 8.10. The molecule has 0 bridgehead atoms. The van der Waals surface area contributed by atoms with Crippen LogP contribution in [0.4, 0.5) is 4.79 Å². The van der Waals surface area contributed by atoms with Gasteiger partial charge in [-0.15, -0.1) is 0 Å². The summed E-state index contributed by atoms with van der Waals surface area (Å²) < 4.78 is 1.82. The third-order valence-corrected chi connectivity index (χ3v) is 4.79. The third-order valence-electron chi connectivity index (χ3n) is 4.79. The maximum Gasteiger partial charge on any atom is 0.317 e. The highest BCUT2D eigenvalue weighted by Gasteiger charge is 2.35. The molecule has 1 unspecified atom stereocenters. The average Bonchev–Trinajstić information content (AvgIpc) is 3.28. The van der Waals surface area contributed by atoms with Gasteiger partial charge in [0.1, 0.15) is 0 Å². The van der Waals surface area contributed by atoms with Crippen molar-refractivity contribution in [1.82, 2.24) is 20.0 Å². The van der Waals surface area contributed by atoms with E-state index >= 15 is 0 Å². The molecule has 1 atom stereocenters. The van der Waals surface area contributed by atoms with Crippen molar-refractivity contribution in [3.8, 4) is 0 Å². The molecule has 5 nitrogen and oxygen atoms in total. The molecule has 5 heteroatoms. The van der Waals surface area contributed by atoms with Crippen LogP contribution in [0, 0.1) is 11.8 Å². The predicted octanol–water partition coefficient (Wildman–Crippen LogP) is 2.31. The standard InChI is InChI=1S/C16H26N4O/c1-3-15-14(10-19(2)18-15)9-17-16(21)20-8-4-5-13(11-20)12-6-7-12/h10,12-13H,3-9,11H2,1-2H3,(H,17,21). The zero-order valence-electron chi connectivity index (χ0n) is 13.1. The van der Waals surface area contributed by atoms with Gasteiger partial charge in [0.15, 0.2) is 0 Å². The summed E-state index contributed by atoms with van der Waals surface area (Å²) in [6.45, 7) is 4.53. The van der Waals surface area contributed by atoms with Gasteiger partial charge in [-0.05, 0) is 43.9 Å². The number of hydrogen-bond donors (Lipinski definition) is 1. The van der Waals surface area contributed by atoms with E-state index in [1.807, 2.05) is 22.8 Å². The molecule has 2 aliphatic rings. The second-order valence-electron chi connectivity index (χ2n) is 6.47. The number of amides is 2. The Labute approximate surface area is 126 Å². The van der Waals surface area contributed by atoms with Gasteiger partial charge in [0.25, 0.3) is 0 Å². The molecule has 1 aliphatic heterocycles. The van der Waals surface area contributed by atoms with Crippen molar-refractivity contribution in [2.24, 2.45) is 18.9 Å². The van der Waals surface area contributed by atoms with Gasteiger partial charge in [-0.2, -0.15) is 5.10 Å². The number of carbonyl (C=O) groups excluding carboxylic acids is 1. The number of aromatic nitrogens is 2. The molecule has 2 heterocycles. The van der Waals surface area contributed by atoms with Gasteiger partial charge in [-0.3, -0.25) is 4.68 Å². The summed E-state index contributed by atoms with van der Waals surface area (Å²) >= 11 is 0. The van der Waals surface area contributed by atoms with Gasteiger partial charge < -0.3 is 10.2 Å². The second-order valence-corrected chi connectivity index (χ2v) is 6.47. The van der Waals surface area contributed by atoms with Crippen LogP contribution in [0.25, 0.3) is 0 Å². The second kappa shape index (κ2) is 6.08. The lowest BCUT2D eigenvalue weighted by Gasteiger charge is -2.32. The van der Waals surface area contributed by atoms with Crippen LogP contribution < -0.4 is 5.32 Å². The molecule has 1 N–H and O–H groups in total. The first-order valence-corrected chi connectivity index (χ1v) is 8.21. The summed E-state index contributed by atoms with van der Waals surface area (Å²) in [4.78, 5) is 14.4. The van der Waals surface area contributed by atoms with E-state index in [9.17, 15) is 4.79 Å². The lowest BCUT2D eigenvalue weighted by molar-refractivity contribution is 0.158. The Bertz CT molecular complexity index is 506. The Morgan fingerprint density at radius 2 is 2.19 bits per heavy atom. The quantitative estimate of drug-likeness (QED) is 0.925. The number of likely N-dealkylation sites (tertiary alicyclic amines) is 1. The molecule has 0 radical (unpaired) electrons. The fourth-order valence-corrected chi connectivity index (χ4v) is 3.46. The molecule has 0 aromatic carbocycles. The molecule has 1 aliphatic carbocycles. The van der Waals surface area contributed by atoms with Crippen LogP contribution in [0.1, 0.15) is 43.9 Å². The Morgan fingerprint density at radius 1 is 1.38 bits per heavy atom. The van der Waals surface area contributed by atoms with Crippen LogP contribution in [0.3, 0.4) is 0 Å². The molecule has 0 spiro atoms. The first-order chi connectivity index (χ1) is 10.2. The number of piperidine rings is 1. The summed E-state index contributed by atoms with van der Waals surface area (Å²) in [5.74, 6) is 1.64. The number of aryl methyl sites for hydroxylation is 2. The van der Waals surface area contributed by atoms with Crippen molar-refractivity contribution < 1.29 is 4.79 Å². The lowest BCUT2D eigenvalue weighted by Crippen LogP contribution is -2.45. The minimum atomic E-state index is 0.0891. The van der Waals surface area contributed by atoms with Crippen molar-refractivity contribution >= 4 is 6.03 Å².